The monoisotopic (exact) mass is 226 g/mol. The van der Waals surface area contributed by atoms with E-state index in [4.69, 9.17) is 11.6 Å². The molecule has 0 radical (unpaired) electrons. The number of hydrogen-bond acceptors (Lipinski definition) is 3. The highest BCUT2D eigenvalue weighted by Gasteiger charge is 2.06. The van der Waals surface area contributed by atoms with Gasteiger partial charge in [0.1, 0.15) is 0 Å². The highest BCUT2D eigenvalue weighted by Crippen LogP contribution is 2.12. The molecule has 0 aliphatic rings. The van der Waals surface area contributed by atoms with Gasteiger partial charge in [0.25, 0.3) is 0 Å². The first-order valence-electron chi connectivity index (χ1n) is 3.98. The van der Waals surface area contributed by atoms with Crippen LogP contribution in [0, 0.1) is 5.92 Å². The molecule has 0 spiro atoms. The maximum Gasteiger partial charge on any atom is 0.191 e. The minimum Gasteiger partial charge on any atom is -0.287 e. The molecule has 0 unspecified atom stereocenters. The van der Waals surface area contributed by atoms with E-state index in [1.54, 1.807) is 11.8 Å². The fourth-order valence-electron chi connectivity index (χ4n) is 0.524. The quantitative estimate of drug-likeness (QED) is 0.512. The molecule has 72 valence electrons. The van der Waals surface area contributed by atoms with Crippen molar-refractivity contribution >= 4 is 40.2 Å². The first-order valence-corrected chi connectivity index (χ1v) is 6.66. The van der Waals surface area contributed by atoms with Crippen LogP contribution in [0.2, 0.25) is 0 Å². The van der Waals surface area contributed by atoms with Crippen molar-refractivity contribution in [1.29, 1.82) is 0 Å². The second-order valence-electron chi connectivity index (χ2n) is 2.62. The third kappa shape index (κ3) is 7.32. The van der Waals surface area contributed by atoms with Crippen LogP contribution in [-0.4, -0.2) is 28.3 Å². The number of halogens is 1. The SMILES string of the molecule is CC(C)C(=O)SCCSCCCl. The van der Waals surface area contributed by atoms with Crippen LogP contribution in [0.25, 0.3) is 0 Å². The Morgan fingerprint density at radius 3 is 2.50 bits per heavy atom. The van der Waals surface area contributed by atoms with Gasteiger partial charge in [0, 0.05) is 29.1 Å². The molecule has 4 heteroatoms. The normalized spacial score (nSPS) is 10.7. The number of rotatable bonds is 6. The van der Waals surface area contributed by atoms with Gasteiger partial charge in [-0.1, -0.05) is 25.6 Å². The molecule has 0 aliphatic heterocycles. The van der Waals surface area contributed by atoms with Crippen LogP contribution >= 0.6 is 35.1 Å². The van der Waals surface area contributed by atoms with Gasteiger partial charge in [-0.25, -0.2) is 0 Å². The lowest BCUT2D eigenvalue weighted by molar-refractivity contribution is -0.113. The Bertz CT molecular complexity index is 128. The molecule has 0 aromatic carbocycles. The zero-order valence-electron chi connectivity index (χ0n) is 7.51. The molecule has 0 aromatic heterocycles. The fraction of sp³-hybridized carbons (Fsp3) is 0.875. The molecule has 0 aliphatic carbocycles. The lowest BCUT2D eigenvalue weighted by Gasteiger charge is -2.02. The van der Waals surface area contributed by atoms with Gasteiger partial charge in [0.15, 0.2) is 5.12 Å². The molecule has 12 heavy (non-hydrogen) atoms. The summed E-state index contributed by atoms with van der Waals surface area (Å²) in [6.07, 6.45) is 0. The summed E-state index contributed by atoms with van der Waals surface area (Å²) >= 11 is 8.73. The van der Waals surface area contributed by atoms with E-state index in [-0.39, 0.29) is 5.92 Å². The van der Waals surface area contributed by atoms with Crippen molar-refractivity contribution in [3.05, 3.63) is 0 Å². The van der Waals surface area contributed by atoms with E-state index in [0.29, 0.717) is 11.0 Å². The highest BCUT2D eigenvalue weighted by molar-refractivity contribution is 8.14. The van der Waals surface area contributed by atoms with Crippen molar-refractivity contribution in [3.8, 4) is 0 Å². The molecule has 0 saturated carbocycles. The van der Waals surface area contributed by atoms with Gasteiger partial charge >= 0.3 is 0 Å². The number of thioether (sulfide) groups is 2. The van der Waals surface area contributed by atoms with Crippen molar-refractivity contribution in [2.24, 2.45) is 5.92 Å². The Kier molecular flexibility index (Phi) is 8.72. The molecule has 0 atom stereocenters. The Balaban J connectivity index is 3.14. The van der Waals surface area contributed by atoms with Gasteiger partial charge in [-0.2, -0.15) is 11.8 Å². The van der Waals surface area contributed by atoms with E-state index < -0.39 is 0 Å². The highest BCUT2D eigenvalue weighted by atomic mass is 35.5. The summed E-state index contributed by atoms with van der Waals surface area (Å²) in [6, 6.07) is 0. The van der Waals surface area contributed by atoms with E-state index in [0.717, 1.165) is 17.3 Å². The molecule has 0 heterocycles. The number of carbonyl (C=O) groups is 1. The van der Waals surface area contributed by atoms with E-state index in [1.165, 1.54) is 11.8 Å². The van der Waals surface area contributed by atoms with E-state index in [9.17, 15) is 4.79 Å². The molecule has 0 fully saturated rings. The molecular weight excluding hydrogens is 212 g/mol. The van der Waals surface area contributed by atoms with Crippen LogP contribution in [0.3, 0.4) is 0 Å². The lowest BCUT2D eigenvalue weighted by Crippen LogP contribution is -2.03. The molecular formula is C8H15ClOS2. The predicted octanol–water partition coefficient (Wildman–Crippen LogP) is 2.87. The van der Waals surface area contributed by atoms with Crippen LogP contribution in [0.15, 0.2) is 0 Å². The first-order chi connectivity index (χ1) is 5.68. The summed E-state index contributed by atoms with van der Waals surface area (Å²) in [5.41, 5.74) is 0. The largest absolute Gasteiger partial charge is 0.287 e. The maximum atomic E-state index is 11.1. The Labute approximate surface area is 88.0 Å². The average Bonchev–Trinajstić information content (AvgIpc) is 2.03. The van der Waals surface area contributed by atoms with E-state index >= 15 is 0 Å². The fourth-order valence-corrected chi connectivity index (χ4v) is 2.50. The second kappa shape index (κ2) is 8.27. The standard InChI is InChI=1S/C8H15ClOS2/c1-7(2)8(10)12-6-5-11-4-3-9/h7H,3-6H2,1-2H3. The van der Waals surface area contributed by atoms with E-state index in [1.807, 2.05) is 13.8 Å². The maximum absolute atomic E-state index is 11.1. The van der Waals surface area contributed by atoms with Gasteiger partial charge < -0.3 is 0 Å². The van der Waals surface area contributed by atoms with Crippen molar-refractivity contribution in [3.63, 3.8) is 0 Å². The molecule has 0 rings (SSSR count). The third-order valence-electron chi connectivity index (χ3n) is 1.16. The number of carbonyl (C=O) groups excluding carboxylic acids is 1. The topological polar surface area (TPSA) is 17.1 Å². The molecule has 0 amide bonds. The Morgan fingerprint density at radius 1 is 1.33 bits per heavy atom. The van der Waals surface area contributed by atoms with E-state index in [2.05, 4.69) is 0 Å². The van der Waals surface area contributed by atoms with Crippen LogP contribution in [0.4, 0.5) is 0 Å². The van der Waals surface area contributed by atoms with Gasteiger partial charge in [-0.15, -0.1) is 11.6 Å². The number of hydrogen-bond donors (Lipinski definition) is 0. The smallest absolute Gasteiger partial charge is 0.191 e. The van der Waals surface area contributed by atoms with Crippen LogP contribution < -0.4 is 0 Å². The Morgan fingerprint density at radius 2 is 2.00 bits per heavy atom. The summed E-state index contributed by atoms with van der Waals surface area (Å²) < 4.78 is 0. The van der Waals surface area contributed by atoms with Gasteiger partial charge in [-0.05, 0) is 0 Å². The van der Waals surface area contributed by atoms with Crippen LogP contribution in [0.5, 0.6) is 0 Å². The summed E-state index contributed by atoms with van der Waals surface area (Å²) in [5, 5.41) is 0.293. The zero-order valence-corrected chi connectivity index (χ0v) is 9.90. The predicted molar refractivity (Wildman–Crippen MR) is 60.3 cm³/mol. The lowest BCUT2D eigenvalue weighted by atomic mass is 10.3. The van der Waals surface area contributed by atoms with Crippen molar-refractivity contribution in [2.75, 3.05) is 23.1 Å². The number of alkyl halides is 1. The van der Waals surface area contributed by atoms with Gasteiger partial charge in [0.2, 0.25) is 0 Å². The molecule has 1 nitrogen and oxygen atoms in total. The first kappa shape index (κ1) is 12.7. The summed E-state index contributed by atoms with van der Waals surface area (Å²) in [7, 11) is 0. The van der Waals surface area contributed by atoms with Crippen molar-refractivity contribution in [2.45, 2.75) is 13.8 Å². The summed E-state index contributed by atoms with van der Waals surface area (Å²) in [6.45, 7) is 3.86. The van der Waals surface area contributed by atoms with Crippen LogP contribution in [0.1, 0.15) is 13.8 Å². The summed E-state index contributed by atoms with van der Waals surface area (Å²) in [4.78, 5) is 11.1. The second-order valence-corrected chi connectivity index (χ2v) is 5.33. The molecule has 0 N–H and O–H groups in total. The molecule has 0 bridgehead atoms. The average molecular weight is 227 g/mol. The van der Waals surface area contributed by atoms with Crippen LogP contribution in [-0.2, 0) is 4.79 Å². The molecule has 0 aromatic rings. The van der Waals surface area contributed by atoms with Gasteiger partial charge in [0.05, 0.1) is 0 Å². The van der Waals surface area contributed by atoms with Gasteiger partial charge in [-0.3, -0.25) is 4.79 Å². The minimum atomic E-state index is 0.160. The zero-order chi connectivity index (χ0) is 9.40. The van der Waals surface area contributed by atoms with Crippen molar-refractivity contribution < 1.29 is 4.79 Å². The minimum absolute atomic E-state index is 0.160. The summed E-state index contributed by atoms with van der Waals surface area (Å²) in [5.74, 6) is 3.79. The Hall–Kier alpha value is 0.660. The third-order valence-corrected chi connectivity index (χ3v) is 3.99. The van der Waals surface area contributed by atoms with Crippen molar-refractivity contribution in [1.82, 2.24) is 0 Å². The molecule has 0 saturated heterocycles.